The van der Waals surface area contributed by atoms with Gasteiger partial charge in [0.2, 0.25) is 0 Å². The lowest BCUT2D eigenvalue weighted by atomic mass is 10.2. The van der Waals surface area contributed by atoms with Gasteiger partial charge in [0.05, 0.1) is 10.0 Å². The Bertz CT molecular complexity index is 784. The number of hydrogen-bond acceptors (Lipinski definition) is 3. The fourth-order valence-electron chi connectivity index (χ4n) is 1.82. The van der Waals surface area contributed by atoms with Crippen LogP contribution in [0.4, 0.5) is 0 Å². The molecule has 0 bridgehead atoms. The van der Waals surface area contributed by atoms with Gasteiger partial charge in [-0.2, -0.15) is 11.8 Å². The van der Waals surface area contributed by atoms with Gasteiger partial charge < -0.3 is 0 Å². The van der Waals surface area contributed by atoms with Gasteiger partial charge in [-0.15, -0.1) is 0 Å². The third-order valence-corrected chi connectivity index (χ3v) is 4.90. The van der Waals surface area contributed by atoms with Gasteiger partial charge in [0.25, 0.3) is 5.56 Å². The zero-order valence-corrected chi connectivity index (χ0v) is 13.9. The summed E-state index contributed by atoms with van der Waals surface area (Å²) >= 11 is 13.4. The Kier molecular flexibility index (Phi) is 5.19. The number of thioether (sulfide) groups is 1. The Morgan fingerprint density at radius 3 is 2.38 bits per heavy atom. The lowest BCUT2D eigenvalue weighted by Crippen LogP contribution is -2.37. The van der Waals surface area contributed by atoms with Crippen LogP contribution in [0.1, 0.15) is 11.3 Å². The van der Waals surface area contributed by atoms with Crippen molar-refractivity contribution in [3.63, 3.8) is 0 Å². The van der Waals surface area contributed by atoms with Crippen LogP contribution in [0.2, 0.25) is 10.0 Å². The van der Waals surface area contributed by atoms with Gasteiger partial charge in [0.1, 0.15) is 0 Å². The van der Waals surface area contributed by atoms with Crippen LogP contribution in [0.5, 0.6) is 0 Å². The van der Waals surface area contributed by atoms with Crippen LogP contribution in [-0.4, -0.2) is 9.13 Å². The molecule has 112 valence electrons. The summed E-state index contributed by atoms with van der Waals surface area (Å²) in [5.41, 5.74) is 1.15. The number of rotatable bonds is 4. The minimum atomic E-state index is -0.312. The Labute approximate surface area is 136 Å². The molecule has 0 fully saturated rings. The first kappa shape index (κ1) is 16.2. The van der Waals surface area contributed by atoms with E-state index in [1.165, 1.54) is 17.7 Å². The molecule has 1 heterocycles. The predicted octanol–water partition coefficient (Wildman–Crippen LogP) is 2.82. The number of nitrogens with zero attached hydrogens (tertiary/aromatic N) is 2. The molecule has 4 nitrogen and oxygen atoms in total. The van der Waals surface area contributed by atoms with Crippen LogP contribution < -0.4 is 11.2 Å². The van der Waals surface area contributed by atoms with Crippen molar-refractivity contribution in [3.05, 3.63) is 66.4 Å². The van der Waals surface area contributed by atoms with Crippen molar-refractivity contribution in [1.82, 2.24) is 9.13 Å². The second-order valence-electron chi connectivity index (χ2n) is 4.62. The highest BCUT2D eigenvalue weighted by Gasteiger charge is 2.06. The van der Waals surface area contributed by atoms with E-state index in [0.717, 1.165) is 15.9 Å². The molecule has 0 aliphatic heterocycles. The minimum Gasteiger partial charge on any atom is -0.300 e. The van der Waals surface area contributed by atoms with Gasteiger partial charge >= 0.3 is 5.69 Å². The normalized spacial score (nSPS) is 10.9. The molecular weight excluding hydrogens is 331 g/mol. The van der Waals surface area contributed by atoms with E-state index < -0.39 is 0 Å². The molecule has 0 unspecified atom stereocenters. The molecule has 7 heteroatoms. The lowest BCUT2D eigenvalue weighted by molar-refractivity contribution is 0.665. The Balaban J connectivity index is 2.09. The van der Waals surface area contributed by atoms with Crippen molar-refractivity contribution in [2.75, 3.05) is 0 Å². The summed E-state index contributed by atoms with van der Waals surface area (Å²) in [5, 5.41) is 1.05. The summed E-state index contributed by atoms with van der Waals surface area (Å²) in [4.78, 5) is 23.4. The first-order chi connectivity index (χ1) is 9.90. The molecule has 1 aromatic carbocycles. The van der Waals surface area contributed by atoms with E-state index >= 15 is 0 Å². The topological polar surface area (TPSA) is 44.0 Å². The average Bonchev–Trinajstić information content (AvgIpc) is 2.46. The van der Waals surface area contributed by atoms with Crippen LogP contribution in [0.25, 0.3) is 0 Å². The van der Waals surface area contributed by atoms with E-state index in [0.29, 0.717) is 21.5 Å². The highest BCUT2D eigenvalue weighted by molar-refractivity contribution is 7.97. The molecule has 0 spiro atoms. The second-order valence-corrected chi connectivity index (χ2v) is 6.42. The van der Waals surface area contributed by atoms with Gasteiger partial charge in [0.15, 0.2) is 0 Å². The Hall–Kier alpha value is -1.17. The third-order valence-electron chi connectivity index (χ3n) is 3.13. The summed E-state index contributed by atoms with van der Waals surface area (Å²) in [6, 6.07) is 6.97. The molecule has 0 aliphatic carbocycles. The van der Waals surface area contributed by atoms with Gasteiger partial charge in [-0.25, -0.2) is 4.79 Å². The van der Waals surface area contributed by atoms with Crippen molar-refractivity contribution in [2.45, 2.75) is 11.5 Å². The van der Waals surface area contributed by atoms with E-state index in [9.17, 15) is 9.59 Å². The van der Waals surface area contributed by atoms with Crippen LogP contribution in [0, 0.1) is 0 Å². The molecule has 0 saturated carbocycles. The first-order valence-electron chi connectivity index (χ1n) is 6.17. The molecule has 1 aromatic heterocycles. The monoisotopic (exact) mass is 344 g/mol. The first-order valence-corrected chi connectivity index (χ1v) is 8.09. The summed E-state index contributed by atoms with van der Waals surface area (Å²) < 4.78 is 2.58. The van der Waals surface area contributed by atoms with Crippen molar-refractivity contribution in [2.24, 2.45) is 14.1 Å². The molecule has 2 rings (SSSR count). The van der Waals surface area contributed by atoms with Crippen LogP contribution in [0.15, 0.2) is 33.9 Å². The Morgan fingerprint density at radius 2 is 1.71 bits per heavy atom. The molecular formula is C14H14Cl2N2O2S. The second kappa shape index (κ2) is 6.73. The molecule has 0 saturated heterocycles. The SMILES string of the molecule is Cn1c(CSCc2ccc(Cl)c(Cl)c2)cc(=O)n(C)c1=O. The highest BCUT2D eigenvalue weighted by atomic mass is 35.5. The number of benzene rings is 1. The summed E-state index contributed by atoms with van der Waals surface area (Å²) in [5.74, 6) is 1.29. The number of halogens is 2. The Morgan fingerprint density at radius 1 is 1.00 bits per heavy atom. The minimum absolute atomic E-state index is 0.289. The summed E-state index contributed by atoms with van der Waals surface area (Å²) in [6.45, 7) is 0. The largest absolute Gasteiger partial charge is 0.330 e. The van der Waals surface area contributed by atoms with E-state index in [1.807, 2.05) is 12.1 Å². The summed E-state index contributed by atoms with van der Waals surface area (Å²) in [6.07, 6.45) is 0. The number of aromatic nitrogens is 2. The molecule has 0 amide bonds. The van der Waals surface area contributed by atoms with Crippen LogP contribution in [-0.2, 0) is 25.6 Å². The zero-order chi connectivity index (χ0) is 15.6. The third kappa shape index (κ3) is 3.73. The van der Waals surface area contributed by atoms with Gasteiger partial charge in [-0.1, -0.05) is 29.3 Å². The maximum atomic E-state index is 11.8. The van der Waals surface area contributed by atoms with Gasteiger partial charge in [-0.05, 0) is 17.7 Å². The van der Waals surface area contributed by atoms with Crippen molar-refractivity contribution in [3.8, 4) is 0 Å². The smallest absolute Gasteiger partial charge is 0.300 e. The van der Waals surface area contributed by atoms with Crippen molar-refractivity contribution in [1.29, 1.82) is 0 Å². The molecule has 21 heavy (non-hydrogen) atoms. The number of hydrogen-bond donors (Lipinski definition) is 0. The maximum Gasteiger partial charge on any atom is 0.330 e. The zero-order valence-electron chi connectivity index (χ0n) is 11.6. The van der Waals surface area contributed by atoms with E-state index in [4.69, 9.17) is 23.2 Å². The average molecular weight is 345 g/mol. The molecule has 0 aliphatic rings. The highest BCUT2D eigenvalue weighted by Crippen LogP contribution is 2.25. The lowest BCUT2D eigenvalue weighted by Gasteiger charge is -2.09. The molecule has 0 radical (unpaired) electrons. The van der Waals surface area contributed by atoms with Crippen LogP contribution >= 0.6 is 35.0 Å². The van der Waals surface area contributed by atoms with Crippen molar-refractivity contribution >= 4 is 35.0 Å². The van der Waals surface area contributed by atoms with Crippen molar-refractivity contribution < 1.29 is 0 Å². The predicted molar refractivity (Wildman–Crippen MR) is 88.4 cm³/mol. The fourth-order valence-corrected chi connectivity index (χ4v) is 3.14. The molecule has 0 N–H and O–H groups in total. The molecule has 0 atom stereocenters. The quantitative estimate of drug-likeness (QED) is 0.856. The van der Waals surface area contributed by atoms with Gasteiger partial charge in [-0.3, -0.25) is 13.9 Å². The van der Waals surface area contributed by atoms with Gasteiger partial charge in [0, 0.05) is 37.4 Å². The standard InChI is InChI=1S/C14H14Cl2N2O2S/c1-17-10(6-13(19)18(2)14(17)20)8-21-7-9-3-4-11(15)12(16)5-9/h3-6H,7-8H2,1-2H3. The van der Waals surface area contributed by atoms with E-state index in [1.54, 1.807) is 24.9 Å². The summed E-state index contributed by atoms with van der Waals surface area (Å²) in [7, 11) is 3.13. The van der Waals surface area contributed by atoms with Crippen LogP contribution in [0.3, 0.4) is 0 Å². The maximum absolute atomic E-state index is 11.8. The fraction of sp³-hybridized carbons (Fsp3) is 0.286. The molecule has 2 aromatic rings. The van der Waals surface area contributed by atoms with E-state index in [2.05, 4.69) is 0 Å². The van der Waals surface area contributed by atoms with E-state index in [-0.39, 0.29) is 11.2 Å².